The van der Waals surface area contributed by atoms with Gasteiger partial charge in [-0.05, 0) is 383 Å². The molecule has 8 aliphatic rings. The van der Waals surface area contributed by atoms with Gasteiger partial charge in [0.2, 0.25) is 45.6 Å². The Bertz CT molecular complexity index is 8400. The summed E-state index contributed by atoms with van der Waals surface area (Å²) in [6, 6.07) is 43.3. The Balaban J connectivity index is 0.000000126. The molecule has 0 amide bonds. The topological polar surface area (TPSA) is 120 Å². The maximum absolute atomic E-state index is 9.77. The third-order valence-corrected chi connectivity index (χ3v) is 36.6. The lowest BCUT2D eigenvalue weighted by Crippen LogP contribution is -2.33. The Morgan fingerprint density at radius 1 is 0.318 bits per heavy atom. The summed E-state index contributed by atoms with van der Waals surface area (Å²) in [5.41, 5.74) is 25.9. The number of fused-ring (bicyclic) bond motifs is 12. The summed E-state index contributed by atoms with van der Waals surface area (Å²) in [7, 11) is 7.88. The summed E-state index contributed by atoms with van der Waals surface area (Å²) in [5.74, 6) is -2.86. The molecule has 776 valence electrons. The van der Waals surface area contributed by atoms with Gasteiger partial charge in [-0.3, -0.25) is 0 Å². The van der Waals surface area contributed by atoms with Crippen LogP contribution < -0.4 is 18.3 Å². The number of aryl methyl sites for hydroxylation is 12. The van der Waals surface area contributed by atoms with E-state index in [1.165, 1.54) is 69.8 Å². The normalized spacial score (nSPS) is 23.6. The smallest absolute Gasteiger partial charge is 0.227 e. The highest BCUT2D eigenvalue weighted by Crippen LogP contribution is 2.55. The highest BCUT2D eigenvalue weighted by molar-refractivity contribution is 6.12. The van der Waals surface area contributed by atoms with Crippen LogP contribution in [-0.2, 0) is 34.6 Å². The summed E-state index contributed by atoms with van der Waals surface area (Å²) >= 11 is 0. The molecule has 8 fully saturated rings. The van der Waals surface area contributed by atoms with Crippen molar-refractivity contribution < 1.29 is 56.5 Å². The second kappa shape index (κ2) is 41.1. The van der Waals surface area contributed by atoms with E-state index in [1.54, 1.807) is 25.4 Å². The molecule has 1 spiro atoms. The minimum Gasteiger partial charge on any atom is -0.437 e. The van der Waals surface area contributed by atoms with Crippen LogP contribution in [-0.4, -0.2) is 19.9 Å². The Morgan fingerprint density at radius 3 is 1.09 bits per heavy atom. The molecule has 0 aliphatic heterocycles. The van der Waals surface area contributed by atoms with Crippen molar-refractivity contribution in [2.24, 2.45) is 72.5 Å². The third-order valence-electron chi connectivity index (χ3n) is 36.6. The highest BCUT2D eigenvalue weighted by Gasteiger charge is 2.42. The first-order valence-electron chi connectivity index (χ1n) is 63.9. The van der Waals surface area contributed by atoms with Crippen molar-refractivity contribution in [3.63, 3.8) is 0 Å². The lowest BCUT2D eigenvalue weighted by Gasteiger charge is -2.43. The first kappa shape index (κ1) is 85.9. The second-order valence-electron chi connectivity index (χ2n) is 51.0. The largest absolute Gasteiger partial charge is 0.437 e. The van der Waals surface area contributed by atoms with Crippen LogP contribution >= 0.6 is 0 Å². The minimum absolute atomic E-state index is 0.154. The van der Waals surface area contributed by atoms with E-state index in [-0.39, 0.29) is 38.4 Å². The Morgan fingerprint density at radius 2 is 0.669 bits per heavy atom. The predicted molar refractivity (Wildman–Crippen MR) is 612 cm³/mol. The first-order valence-corrected chi connectivity index (χ1v) is 56.4. The molecule has 12 heterocycles. The van der Waals surface area contributed by atoms with Gasteiger partial charge in [-0.15, -0.1) is 0 Å². The summed E-state index contributed by atoms with van der Waals surface area (Å²) in [5, 5.41) is 7.19. The van der Waals surface area contributed by atoms with Crippen LogP contribution in [0.1, 0.15) is 434 Å². The number of aromatic nitrogens is 8. The van der Waals surface area contributed by atoms with Gasteiger partial charge in [0.05, 0.1) is 27.6 Å². The molecule has 148 heavy (non-hydrogen) atoms. The van der Waals surface area contributed by atoms with Crippen LogP contribution in [0.25, 0.3) is 133 Å². The number of rotatable bonds is 12. The molecule has 0 atom stereocenters. The van der Waals surface area contributed by atoms with Gasteiger partial charge in [0.1, 0.15) is 28.2 Å². The predicted octanol–water partition coefficient (Wildman–Crippen LogP) is 36.1. The van der Waals surface area contributed by atoms with Gasteiger partial charge < -0.3 is 17.7 Å². The highest BCUT2D eigenvalue weighted by atomic mass is 16.4. The fourth-order valence-corrected chi connectivity index (χ4v) is 26.8. The number of benzene rings is 4. The van der Waals surface area contributed by atoms with Gasteiger partial charge in [-0.2, -0.15) is 0 Å². The number of furan rings is 4. The Hall–Kier alpha value is -10.7. The van der Waals surface area contributed by atoms with Gasteiger partial charge in [0.15, 0.2) is 47.1 Å². The molecular formula is C136H172N8O4+4. The van der Waals surface area contributed by atoms with Gasteiger partial charge in [0, 0.05) is 146 Å². The molecule has 0 unspecified atom stereocenters. The van der Waals surface area contributed by atoms with E-state index in [1.807, 2.05) is 79.7 Å². The fourth-order valence-electron chi connectivity index (χ4n) is 26.8. The van der Waals surface area contributed by atoms with Crippen molar-refractivity contribution in [2.75, 3.05) is 0 Å². The summed E-state index contributed by atoms with van der Waals surface area (Å²) < 4.78 is 165. The maximum Gasteiger partial charge on any atom is 0.227 e. The average Bonchev–Trinajstić information content (AvgIpc) is 1.68. The number of hydrogen-bond donors (Lipinski definition) is 0. The van der Waals surface area contributed by atoms with Crippen LogP contribution in [0.5, 0.6) is 0 Å². The van der Waals surface area contributed by atoms with E-state index in [2.05, 4.69) is 209 Å². The zero-order chi connectivity index (χ0) is 117. The van der Waals surface area contributed by atoms with Gasteiger partial charge in [-0.25, -0.2) is 38.2 Å². The van der Waals surface area contributed by atoms with Crippen molar-refractivity contribution in [3.05, 3.63) is 236 Å². The first-order chi connectivity index (χ1) is 76.4. The third kappa shape index (κ3) is 21.2. The second-order valence-corrected chi connectivity index (χ2v) is 51.0. The Kier molecular flexibility index (Phi) is 23.9. The SMILES string of the molecule is [2H]C([2H])([2H])c1c[n+](C)c(-c2c(C)ccc3c2oc2nc(C4([2H])CCC(C)(C)CC4)ccc23)cc1C1([2H])CCC(C)(C)CC1.[2H]C([2H])([2H])c1c[n+](C)c(-c2c(C)ccc3c2oc2nc(C4([2H])CCC(C)(C)CC4)ccc23)cc1C1([2H])CCC2(CCCCC2)CC1.[2H]C([2H])([2H])c1cc(C)nc2oc3c(-c4cc(CC(C)(C)C)cc[n+]4C)c(C)ccc3c12.[2H]C1(c2cc[n+](C)c(-c3c(C)ccc4c3oc3nc(C5([2H])CCC(C6CCCCC6)CC5)ccc34)c2)CCC(C)(C)CC1. The molecule has 12 aromatic heterocycles. The molecule has 16 aromatic rings. The quantitative estimate of drug-likeness (QED) is 0.111. The van der Waals surface area contributed by atoms with Crippen LogP contribution in [0.3, 0.4) is 0 Å². The van der Waals surface area contributed by atoms with E-state index >= 15 is 0 Å². The molecular weight excluding hydrogens is 1810 g/mol. The number of pyridine rings is 8. The minimum atomic E-state index is -2.33. The van der Waals surface area contributed by atoms with Crippen molar-refractivity contribution in [1.82, 2.24) is 19.9 Å². The molecule has 8 saturated carbocycles. The van der Waals surface area contributed by atoms with E-state index in [9.17, 15) is 8.22 Å². The van der Waals surface area contributed by atoms with Crippen LogP contribution in [0.15, 0.2) is 170 Å². The molecule has 0 radical (unpaired) electrons. The van der Waals surface area contributed by atoms with Crippen molar-refractivity contribution in [3.8, 4) is 45.0 Å². The molecule has 12 nitrogen and oxygen atoms in total. The van der Waals surface area contributed by atoms with Crippen molar-refractivity contribution in [2.45, 2.75) is 391 Å². The lowest BCUT2D eigenvalue weighted by atomic mass is 9.62. The van der Waals surface area contributed by atoms with E-state index < -0.39 is 55.9 Å². The maximum atomic E-state index is 9.77. The fraction of sp³-hybridized carbons (Fsp3) is 0.529. The monoisotopic (exact) mass is 2000 g/mol. The number of hydrogen-bond acceptors (Lipinski definition) is 8. The zero-order valence-corrected chi connectivity index (χ0v) is 92.5. The molecule has 24 rings (SSSR count). The van der Waals surface area contributed by atoms with Crippen molar-refractivity contribution >= 4 is 88.3 Å². The summed E-state index contributed by atoms with van der Waals surface area (Å²) in [6.07, 6.45) is 43.5. The molecule has 0 N–H and O–H groups in total. The van der Waals surface area contributed by atoms with Gasteiger partial charge >= 0.3 is 0 Å². The van der Waals surface area contributed by atoms with Crippen molar-refractivity contribution in [1.29, 1.82) is 0 Å². The van der Waals surface area contributed by atoms with E-state index in [0.29, 0.717) is 92.7 Å². The molecule has 12 heteroatoms. The number of nitrogens with zero attached hydrogens (tertiary/aromatic N) is 8. The zero-order valence-electron chi connectivity index (χ0n) is 108. The van der Waals surface area contributed by atoms with Gasteiger partial charge in [0.25, 0.3) is 0 Å². The van der Waals surface area contributed by atoms with Gasteiger partial charge in [-0.1, -0.05) is 176 Å². The van der Waals surface area contributed by atoms with Crippen LogP contribution in [0, 0.1) is 99.5 Å². The van der Waals surface area contributed by atoms with E-state index in [4.69, 9.17) is 45.0 Å². The van der Waals surface area contributed by atoms with Crippen LogP contribution in [0.2, 0.25) is 0 Å². The molecule has 0 bridgehead atoms. The standard InChI is InChI=1S/2C38H49N2O.C35H45N2O.C25H29N2O/c1-25-9-10-29-30-11-12-32(28-13-19-37(3,4)20-14-28)39-36(30)41-35(29)34(25)33-23-31(26(2)24-40(33)5)27-15-21-38(22-16-27)17-7-6-8-18-38;1-25-10-15-31-32-16-17-33(29-13-11-27(12-14-29)26-8-6-5-7-9-26)39-37(32)41-36(31)35(25)34-24-30(20-23-40(34)4)28-18-21-38(2,3)22-19-28;1-22-8-9-26-27-10-11-29(25-14-18-35(5,6)19-15-25)36-33(27)38-32(26)31(22)30-20-28(23(2)21-37(30)7)24-12-16-34(3,4)17-13-24;1-15-8-9-19-21-16(2)12-17(3)26-24(21)28-23(19)22(15)20-13-18(10-11-27(20)7)14-25(4,5)6/h9-12,23-24,27-28H,6-8,13-22H2,1-5H3;10,15-17,20,23-24,26-29H,5-9,11-14,18-19,21-22H2,1-4H3;8-11,20-21,24-25H,12-19H2,1-7H3;8-13H,14H2,1-7H3/q4*+1/i2D3,27D,28D;28D,29D;2D3,24D,25D;2D3. The molecule has 8 aliphatic carbocycles. The summed E-state index contributed by atoms with van der Waals surface area (Å²) in [6.45, 7) is 28.2. The lowest BCUT2D eigenvalue weighted by molar-refractivity contribution is -0.660. The Labute approximate surface area is 904 Å². The van der Waals surface area contributed by atoms with E-state index in [0.717, 1.165) is 285 Å². The molecule has 4 aromatic carbocycles. The van der Waals surface area contributed by atoms with Crippen LogP contribution in [0.4, 0.5) is 0 Å². The molecule has 0 saturated heterocycles. The summed E-state index contributed by atoms with van der Waals surface area (Å²) in [4.78, 5) is 19.5. The average molecular weight is 2000 g/mol.